The first kappa shape index (κ1) is 16.2. The van der Waals surface area contributed by atoms with E-state index in [1.54, 1.807) is 30.3 Å². The second-order valence-corrected chi connectivity index (χ2v) is 6.66. The Bertz CT molecular complexity index is 1210. The van der Waals surface area contributed by atoms with Gasteiger partial charge in [-0.05, 0) is 31.2 Å². The van der Waals surface area contributed by atoms with E-state index in [4.69, 9.17) is 4.74 Å². The highest BCUT2D eigenvalue weighted by Crippen LogP contribution is 2.25. The van der Waals surface area contributed by atoms with Crippen LogP contribution in [0.1, 0.15) is 15.9 Å². The summed E-state index contributed by atoms with van der Waals surface area (Å²) in [5.74, 6) is -0.453. The number of nitrogens with one attached hydrogen (secondary N) is 1. The number of hydrogen-bond acceptors (Lipinski definition) is 7. The van der Waals surface area contributed by atoms with Crippen LogP contribution < -0.4 is 10.9 Å². The first-order valence-electron chi connectivity index (χ1n) is 7.81. The van der Waals surface area contributed by atoms with Crippen LogP contribution in [0.2, 0.25) is 0 Å². The number of para-hydroxylation sites is 1. The van der Waals surface area contributed by atoms with E-state index < -0.39 is 5.97 Å². The molecule has 0 aliphatic carbocycles. The van der Waals surface area contributed by atoms with E-state index in [2.05, 4.69) is 15.4 Å². The van der Waals surface area contributed by atoms with Gasteiger partial charge in [0.2, 0.25) is 10.1 Å². The fraction of sp³-hybridized carbons (Fsp3) is 0.111. The number of hydrogen-bond donors (Lipinski definition) is 1. The maximum atomic E-state index is 12.7. The van der Waals surface area contributed by atoms with Gasteiger partial charge in [0.05, 0.1) is 29.3 Å². The Kier molecular flexibility index (Phi) is 3.89. The van der Waals surface area contributed by atoms with Crippen molar-refractivity contribution in [1.82, 2.24) is 14.6 Å². The number of aromatic nitrogens is 3. The van der Waals surface area contributed by atoms with E-state index in [0.717, 1.165) is 5.56 Å². The minimum Gasteiger partial charge on any atom is -0.465 e. The number of carbonyl (C=O) groups excluding carboxylic acids is 1. The predicted molar refractivity (Wildman–Crippen MR) is 100 cm³/mol. The fourth-order valence-corrected chi connectivity index (χ4v) is 3.48. The highest BCUT2D eigenvalue weighted by atomic mass is 32.1. The fourth-order valence-electron chi connectivity index (χ4n) is 2.67. The Hall–Kier alpha value is -3.26. The molecule has 0 saturated heterocycles. The van der Waals surface area contributed by atoms with Crippen molar-refractivity contribution in [2.45, 2.75) is 6.92 Å². The topological polar surface area (TPSA) is 85.6 Å². The SMILES string of the molecule is COC(=O)c1ccccc1Nc1nn2c(=O)c3cc(C)ccc3nc2s1. The third kappa shape index (κ3) is 2.70. The van der Waals surface area contributed by atoms with Gasteiger partial charge in [-0.1, -0.05) is 35.1 Å². The normalized spacial score (nSPS) is 11.0. The van der Waals surface area contributed by atoms with Crippen molar-refractivity contribution in [3.8, 4) is 0 Å². The summed E-state index contributed by atoms with van der Waals surface area (Å²) in [4.78, 5) is 29.6. The highest BCUT2D eigenvalue weighted by Gasteiger charge is 2.15. The van der Waals surface area contributed by atoms with Gasteiger partial charge in [0.25, 0.3) is 5.56 Å². The molecule has 2 aromatic carbocycles. The van der Waals surface area contributed by atoms with Gasteiger partial charge < -0.3 is 10.1 Å². The van der Waals surface area contributed by atoms with Crippen LogP contribution in [0.15, 0.2) is 47.3 Å². The van der Waals surface area contributed by atoms with Crippen molar-refractivity contribution in [3.05, 3.63) is 63.9 Å². The minimum atomic E-state index is -0.453. The lowest BCUT2D eigenvalue weighted by molar-refractivity contribution is 0.0602. The largest absolute Gasteiger partial charge is 0.465 e. The molecule has 2 heterocycles. The quantitative estimate of drug-likeness (QED) is 0.561. The molecular weight excluding hydrogens is 352 g/mol. The number of aryl methyl sites for hydroxylation is 1. The van der Waals surface area contributed by atoms with Crippen molar-refractivity contribution in [2.75, 3.05) is 12.4 Å². The number of esters is 1. The highest BCUT2D eigenvalue weighted by molar-refractivity contribution is 7.20. The minimum absolute atomic E-state index is 0.223. The lowest BCUT2D eigenvalue weighted by Gasteiger charge is -2.07. The van der Waals surface area contributed by atoms with Gasteiger partial charge in [0.1, 0.15) is 0 Å². The summed E-state index contributed by atoms with van der Waals surface area (Å²) in [6, 6.07) is 12.5. The summed E-state index contributed by atoms with van der Waals surface area (Å²) in [5.41, 5.74) is 2.32. The number of carbonyl (C=O) groups is 1. The van der Waals surface area contributed by atoms with Crippen LogP contribution >= 0.6 is 11.3 Å². The van der Waals surface area contributed by atoms with Crippen LogP contribution in [0.5, 0.6) is 0 Å². The van der Waals surface area contributed by atoms with Crippen LogP contribution in [0.4, 0.5) is 10.8 Å². The number of methoxy groups -OCH3 is 1. The standard InChI is InChI=1S/C18H14N4O3S/c1-10-7-8-14-12(9-10)15(23)22-18(20-14)26-17(21-22)19-13-6-4-3-5-11(13)16(24)25-2/h3-9H,1-2H3,(H,19,21). The number of benzene rings is 2. The molecular formula is C18H14N4O3S. The molecule has 26 heavy (non-hydrogen) atoms. The summed E-state index contributed by atoms with van der Waals surface area (Å²) in [6.07, 6.45) is 0. The first-order valence-corrected chi connectivity index (χ1v) is 8.63. The third-order valence-electron chi connectivity index (χ3n) is 3.92. The van der Waals surface area contributed by atoms with Crippen LogP contribution in [0.3, 0.4) is 0 Å². The van der Waals surface area contributed by atoms with Gasteiger partial charge >= 0.3 is 5.97 Å². The molecule has 2 aromatic heterocycles. The third-order valence-corrected chi connectivity index (χ3v) is 4.75. The zero-order chi connectivity index (χ0) is 18.3. The lowest BCUT2D eigenvalue weighted by Crippen LogP contribution is -2.15. The van der Waals surface area contributed by atoms with Gasteiger partial charge in [-0.3, -0.25) is 4.79 Å². The molecule has 0 atom stereocenters. The Morgan fingerprint density at radius 2 is 2.04 bits per heavy atom. The lowest BCUT2D eigenvalue weighted by atomic mass is 10.2. The van der Waals surface area contributed by atoms with Gasteiger partial charge in [-0.25, -0.2) is 9.78 Å². The van der Waals surface area contributed by atoms with Crippen LogP contribution in [0, 0.1) is 6.92 Å². The second-order valence-electron chi connectivity index (χ2n) is 5.70. The number of ether oxygens (including phenoxy) is 1. The monoisotopic (exact) mass is 366 g/mol. The molecule has 0 saturated carbocycles. The zero-order valence-electron chi connectivity index (χ0n) is 14.0. The summed E-state index contributed by atoms with van der Waals surface area (Å²) in [6.45, 7) is 1.92. The van der Waals surface area contributed by atoms with E-state index in [1.807, 2.05) is 19.1 Å². The van der Waals surface area contributed by atoms with E-state index >= 15 is 0 Å². The molecule has 0 unspecified atom stereocenters. The van der Waals surface area contributed by atoms with Gasteiger partial charge in [0.15, 0.2) is 0 Å². The average molecular weight is 366 g/mol. The van der Waals surface area contributed by atoms with Crippen LogP contribution in [-0.4, -0.2) is 27.7 Å². The van der Waals surface area contributed by atoms with E-state index in [1.165, 1.54) is 23.0 Å². The van der Waals surface area contributed by atoms with Gasteiger partial charge in [-0.2, -0.15) is 4.52 Å². The molecule has 1 N–H and O–H groups in total. The van der Waals surface area contributed by atoms with E-state index in [9.17, 15) is 9.59 Å². The van der Waals surface area contributed by atoms with Crippen molar-refractivity contribution in [2.24, 2.45) is 0 Å². The van der Waals surface area contributed by atoms with Crippen molar-refractivity contribution < 1.29 is 9.53 Å². The molecule has 0 spiro atoms. The molecule has 0 amide bonds. The van der Waals surface area contributed by atoms with Crippen LogP contribution in [-0.2, 0) is 4.74 Å². The van der Waals surface area contributed by atoms with Crippen molar-refractivity contribution in [3.63, 3.8) is 0 Å². The van der Waals surface area contributed by atoms with Crippen LogP contribution in [0.25, 0.3) is 15.9 Å². The molecule has 0 radical (unpaired) electrons. The molecule has 0 bridgehead atoms. The molecule has 4 aromatic rings. The van der Waals surface area contributed by atoms with Gasteiger partial charge in [-0.15, -0.1) is 5.10 Å². The predicted octanol–water partition coefficient (Wildman–Crippen LogP) is 3.14. The van der Waals surface area contributed by atoms with Gasteiger partial charge in [0, 0.05) is 0 Å². The molecule has 0 fully saturated rings. The maximum absolute atomic E-state index is 12.7. The van der Waals surface area contributed by atoms with Crippen molar-refractivity contribution in [1.29, 1.82) is 0 Å². The number of anilines is 2. The summed E-state index contributed by atoms with van der Waals surface area (Å²) < 4.78 is 6.07. The Balaban J connectivity index is 1.82. The average Bonchev–Trinajstić information content (AvgIpc) is 3.05. The zero-order valence-corrected chi connectivity index (χ0v) is 14.8. The number of fused-ring (bicyclic) bond motifs is 2. The Labute approximate surface area is 151 Å². The van der Waals surface area contributed by atoms with E-state index in [-0.39, 0.29) is 5.56 Å². The number of rotatable bonds is 3. The molecule has 8 heteroatoms. The Morgan fingerprint density at radius 3 is 2.85 bits per heavy atom. The summed E-state index contributed by atoms with van der Waals surface area (Å²) in [5, 5.41) is 8.37. The smallest absolute Gasteiger partial charge is 0.339 e. The maximum Gasteiger partial charge on any atom is 0.339 e. The molecule has 130 valence electrons. The molecule has 0 aliphatic rings. The second kappa shape index (κ2) is 6.23. The van der Waals surface area contributed by atoms with E-state index in [0.29, 0.717) is 32.2 Å². The molecule has 0 aliphatic heterocycles. The first-order chi connectivity index (χ1) is 12.6. The van der Waals surface area contributed by atoms with Crippen molar-refractivity contribution >= 4 is 44.0 Å². The molecule has 4 rings (SSSR count). The number of nitrogens with zero attached hydrogens (tertiary/aromatic N) is 3. The summed E-state index contributed by atoms with van der Waals surface area (Å²) in [7, 11) is 1.33. The molecule has 7 nitrogen and oxygen atoms in total. The summed E-state index contributed by atoms with van der Waals surface area (Å²) >= 11 is 1.23. The Morgan fingerprint density at radius 1 is 1.23 bits per heavy atom.